The third-order valence-corrected chi connectivity index (χ3v) is 4.24. The van der Waals surface area contributed by atoms with Crippen molar-refractivity contribution in [3.63, 3.8) is 0 Å². The van der Waals surface area contributed by atoms with Crippen LogP contribution in [0.1, 0.15) is 32.9 Å². The van der Waals surface area contributed by atoms with Crippen LogP contribution < -0.4 is 21.7 Å². The van der Waals surface area contributed by atoms with Gasteiger partial charge in [0.1, 0.15) is 9.88 Å². The second-order valence-electron chi connectivity index (χ2n) is 4.53. The van der Waals surface area contributed by atoms with E-state index in [0.29, 0.717) is 21.4 Å². The first kappa shape index (κ1) is 13.7. The van der Waals surface area contributed by atoms with Crippen LogP contribution in [0.4, 0.5) is 10.7 Å². The zero-order valence-electron chi connectivity index (χ0n) is 11.0. The number of rotatable bonds is 5. The van der Waals surface area contributed by atoms with Gasteiger partial charge in [0.2, 0.25) is 0 Å². The van der Waals surface area contributed by atoms with Crippen molar-refractivity contribution < 1.29 is 9.59 Å². The first-order chi connectivity index (χ1) is 9.08. The van der Waals surface area contributed by atoms with Crippen LogP contribution in [0.25, 0.3) is 0 Å². The van der Waals surface area contributed by atoms with Gasteiger partial charge < -0.3 is 21.7 Å². The molecule has 5 N–H and O–H groups in total. The average Bonchev–Trinajstić information content (AvgIpc) is 3.18. The minimum Gasteiger partial charge on any atom is -0.397 e. The highest BCUT2D eigenvalue weighted by molar-refractivity contribution is 7.19. The molecule has 2 rings (SSSR count). The Bertz CT molecular complexity index is 508. The Hall–Kier alpha value is -1.76. The Morgan fingerprint density at radius 3 is 2.42 bits per heavy atom. The van der Waals surface area contributed by atoms with Crippen LogP contribution in [-0.4, -0.2) is 32.5 Å². The number of nitrogens with two attached hydrogens (primary N) is 1. The monoisotopic (exact) mass is 282 g/mol. The van der Waals surface area contributed by atoms with E-state index in [1.54, 1.807) is 14.1 Å². The van der Waals surface area contributed by atoms with Gasteiger partial charge in [-0.05, 0) is 18.8 Å². The van der Waals surface area contributed by atoms with Gasteiger partial charge in [-0.2, -0.15) is 0 Å². The van der Waals surface area contributed by atoms with Crippen molar-refractivity contribution in [3.8, 4) is 0 Å². The summed E-state index contributed by atoms with van der Waals surface area (Å²) in [6.45, 7) is 0.817. The van der Waals surface area contributed by atoms with E-state index in [1.165, 1.54) is 24.2 Å². The lowest BCUT2D eigenvalue weighted by Crippen LogP contribution is -2.21. The average molecular weight is 282 g/mol. The van der Waals surface area contributed by atoms with Crippen LogP contribution in [0, 0.1) is 5.92 Å². The van der Waals surface area contributed by atoms with Gasteiger partial charge in [0.15, 0.2) is 0 Å². The number of hydrogen-bond donors (Lipinski definition) is 4. The maximum absolute atomic E-state index is 11.9. The largest absolute Gasteiger partial charge is 0.397 e. The molecule has 0 aromatic carbocycles. The Balaban J connectivity index is 2.31. The minimum atomic E-state index is -0.276. The smallest absolute Gasteiger partial charge is 0.263 e. The molecule has 6 nitrogen and oxygen atoms in total. The number of nitrogens with one attached hydrogen (secondary N) is 3. The van der Waals surface area contributed by atoms with Crippen molar-refractivity contribution in [2.24, 2.45) is 5.92 Å². The van der Waals surface area contributed by atoms with E-state index < -0.39 is 0 Å². The summed E-state index contributed by atoms with van der Waals surface area (Å²) in [5, 5.41) is 8.98. The van der Waals surface area contributed by atoms with Gasteiger partial charge in [0.05, 0.1) is 11.3 Å². The second-order valence-corrected chi connectivity index (χ2v) is 5.55. The van der Waals surface area contributed by atoms with Crippen LogP contribution in [-0.2, 0) is 0 Å². The molecule has 104 valence electrons. The summed E-state index contributed by atoms with van der Waals surface area (Å²) in [5.74, 6) is 0.124. The normalized spacial score (nSPS) is 14.0. The quantitative estimate of drug-likeness (QED) is 0.644. The van der Waals surface area contributed by atoms with Gasteiger partial charge in [0, 0.05) is 20.6 Å². The molecule has 1 aromatic heterocycles. The number of nitrogen functional groups attached to an aromatic ring is 1. The maximum atomic E-state index is 11.9. The number of hydrogen-bond acceptors (Lipinski definition) is 5. The number of amides is 2. The fraction of sp³-hybridized carbons (Fsp3) is 0.500. The van der Waals surface area contributed by atoms with Crippen molar-refractivity contribution in [2.75, 3.05) is 31.7 Å². The third-order valence-electron chi connectivity index (χ3n) is 3.08. The predicted molar refractivity (Wildman–Crippen MR) is 76.7 cm³/mol. The van der Waals surface area contributed by atoms with Gasteiger partial charge in [-0.1, -0.05) is 0 Å². The Kier molecular flexibility index (Phi) is 3.94. The second kappa shape index (κ2) is 5.48. The molecule has 1 saturated carbocycles. The Morgan fingerprint density at radius 1 is 1.26 bits per heavy atom. The lowest BCUT2D eigenvalue weighted by atomic mass is 10.2. The van der Waals surface area contributed by atoms with Gasteiger partial charge in [0.25, 0.3) is 11.8 Å². The predicted octanol–water partition coefficient (Wildman–Crippen LogP) is 0.871. The lowest BCUT2D eigenvalue weighted by molar-refractivity contribution is 0.0963. The van der Waals surface area contributed by atoms with Crippen molar-refractivity contribution in [1.82, 2.24) is 10.6 Å². The highest BCUT2D eigenvalue weighted by Crippen LogP contribution is 2.37. The lowest BCUT2D eigenvalue weighted by Gasteiger charge is -2.06. The molecule has 0 saturated heterocycles. The van der Waals surface area contributed by atoms with E-state index in [9.17, 15) is 9.59 Å². The number of carbonyl (C=O) groups excluding carboxylic acids is 2. The van der Waals surface area contributed by atoms with Gasteiger partial charge in [-0.25, -0.2) is 0 Å². The van der Waals surface area contributed by atoms with E-state index in [1.807, 2.05) is 0 Å². The molecule has 7 heteroatoms. The fourth-order valence-electron chi connectivity index (χ4n) is 1.76. The molecule has 1 heterocycles. The van der Waals surface area contributed by atoms with E-state index in [0.717, 1.165) is 6.54 Å². The molecule has 1 aliphatic rings. The molecule has 0 unspecified atom stereocenters. The topological polar surface area (TPSA) is 96.2 Å². The number of anilines is 2. The molecule has 0 aliphatic heterocycles. The molecule has 1 aliphatic carbocycles. The Morgan fingerprint density at radius 2 is 1.89 bits per heavy atom. The molecular weight excluding hydrogens is 264 g/mol. The third kappa shape index (κ3) is 2.81. The van der Waals surface area contributed by atoms with Crippen molar-refractivity contribution in [1.29, 1.82) is 0 Å². The van der Waals surface area contributed by atoms with Crippen LogP contribution >= 0.6 is 11.3 Å². The zero-order valence-corrected chi connectivity index (χ0v) is 11.8. The highest BCUT2D eigenvalue weighted by Gasteiger charge is 2.26. The summed E-state index contributed by atoms with van der Waals surface area (Å²) in [4.78, 5) is 24.0. The van der Waals surface area contributed by atoms with Crippen molar-refractivity contribution >= 4 is 33.8 Å². The van der Waals surface area contributed by atoms with E-state index in [-0.39, 0.29) is 17.5 Å². The van der Waals surface area contributed by atoms with E-state index in [4.69, 9.17) is 5.73 Å². The van der Waals surface area contributed by atoms with Gasteiger partial charge in [-0.3, -0.25) is 9.59 Å². The van der Waals surface area contributed by atoms with Crippen LogP contribution in [0.3, 0.4) is 0 Å². The first-order valence-corrected chi connectivity index (χ1v) is 7.00. The molecule has 0 atom stereocenters. The minimum absolute atomic E-state index is 0.238. The highest BCUT2D eigenvalue weighted by atomic mass is 32.1. The standard InChI is InChI=1S/C12H18N4O2S/c1-14-10(17)7-8(13)9(11(18)15-2)19-12(7)16-5-6-3-4-6/h6,16H,3-5,13H2,1-2H3,(H,14,17)(H,15,18). The molecule has 1 fully saturated rings. The molecule has 2 amide bonds. The molecule has 0 spiro atoms. The van der Waals surface area contributed by atoms with Gasteiger partial charge in [-0.15, -0.1) is 11.3 Å². The summed E-state index contributed by atoms with van der Waals surface area (Å²) in [7, 11) is 3.09. The molecule has 0 radical (unpaired) electrons. The van der Waals surface area contributed by atoms with E-state index in [2.05, 4.69) is 16.0 Å². The number of thiophene rings is 1. The SMILES string of the molecule is CNC(=O)c1sc(NCC2CC2)c(C(=O)NC)c1N. The molecule has 19 heavy (non-hydrogen) atoms. The molecule has 1 aromatic rings. The maximum Gasteiger partial charge on any atom is 0.263 e. The van der Waals surface area contributed by atoms with Crippen LogP contribution in [0.2, 0.25) is 0 Å². The summed E-state index contributed by atoms with van der Waals surface area (Å²) >= 11 is 1.22. The van der Waals surface area contributed by atoms with Crippen molar-refractivity contribution in [2.45, 2.75) is 12.8 Å². The first-order valence-electron chi connectivity index (χ1n) is 6.18. The summed E-state index contributed by atoms with van der Waals surface area (Å²) in [6.07, 6.45) is 2.43. The summed E-state index contributed by atoms with van der Waals surface area (Å²) < 4.78 is 0. The van der Waals surface area contributed by atoms with Gasteiger partial charge >= 0.3 is 0 Å². The van der Waals surface area contributed by atoms with Crippen LogP contribution in [0.5, 0.6) is 0 Å². The van der Waals surface area contributed by atoms with E-state index >= 15 is 0 Å². The summed E-state index contributed by atoms with van der Waals surface area (Å²) in [5.41, 5.74) is 6.53. The molecular formula is C12H18N4O2S. The van der Waals surface area contributed by atoms with Crippen LogP contribution in [0.15, 0.2) is 0 Å². The fourth-order valence-corrected chi connectivity index (χ4v) is 2.83. The van der Waals surface area contributed by atoms with Crippen molar-refractivity contribution in [3.05, 3.63) is 10.4 Å². The molecule has 0 bridgehead atoms. The summed E-state index contributed by atoms with van der Waals surface area (Å²) in [6, 6.07) is 0. The zero-order chi connectivity index (χ0) is 14.0. The Labute approximate surface area is 115 Å². The number of carbonyl (C=O) groups is 2.